The summed E-state index contributed by atoms with van der Waals surface area (Å²) in [5.41, 5.74) is -0.235. The van der Waals surface area contributed by atoms with Gasteiger partial charge in [-0.25, -0.2) is 0 Å². The Bertz CT molecular complexity index is 209. The van der Waals surface area contributed by atoms with E-state index in [1.165, 1.54) is 38.5 Å². The molecule has 1 saturated carbocycles. The van der Waals surface area contributed by atoms with Crippen LogP contribution in [0.5, 0.6) is 0 Å². The Morgan fingerprint density at radius 2 is 1.53 bits per heavy atom. The minimum Gasteiger partial charge on any atom is -0.342 e. The summed E-state index contributed by atoms with van der Waals surface area (Å²) in [7, 11) is 1.98. The van der Waals surface area contributed by atoms with Gasteiger partial charge in [0.2, 0.25) is 5.91 Å². The van der Waals surface area contributed by atoms with Gasteiger partial charge in [0.25, 0.3) is 0 Å². The van der Waals surface area contributed by atoms with Gasteiger partial charge in [0.15, 0.2) is 0 Å². The monoisotopic (exact) mass is 211 g/mol. The summed E-state index contributed by atoms with van der Waals surface area (Å²) in [6.07, 6.45) is 7.64. The summed E-state index contributed by atoms with van der Waals surface area (Å²) in [5, 5.41) is 0. The molecule has 1 aliphatic rings. The van der Waals surface area contributed by atoms with Crippen molar-refractivity contribution < 1.29 is 4.79 Å². The molecule has 1 amide bonds. The fourth-order valence-electron chi connectivity index (χ4n) is 2.34. The number of nitrogens with zero attached hydrogens (tertiary/aromatic N) is 1. The highest BCUT2D eigenvalue weighted by atomic mass is 16.2. The van der Waals surface area contributed by atoms with Gasteiger partial charge in [-0.15, -0.1) is 0 Å². The molecule has 0 aliphatic heterocycles. The van der Waals surface area contributed by atoms with Crippen LogP contribution in [0, 0.1) is 5.41 Å². The second-order valence-electron chi connectivity index (χ2n) is 5.81. The third-order valence-corrected chi connectivity index (χ3v) is 3.33. The first-order valence-electron chi connectivity index (χ1n) is 6.20. The Morgan fingerprint density at radius 3 is 1.93 bits per heavy atom. The summed E-state index contributed by atoms with van der Waals surface area (Å²) in [6.45, 7) is 6.01. The first kappa shape index (κ1) is 12.5. The van der Waals surface area contributed by atoms with Crippen LogP contribution in [0.1, 0.15) is 59.3 Å². The molecule has 0 heterocycles. The van der Waals surface area contributed by atoms with Crippen LogP contribution >= 0.6 is 0 Å². The molecule has 0 N–H and O–H groups in total. The van der Waals surface area contributed by atoms with Gasteiger partial charge in [-0.2, -0.15) is 0 Å². The molecular formula is C13H25NO. The second-order valence-corrected chi connectivity index (χ2v) is 5.81. The number of carbonyl (C=O) groups is 1. The fraction of sp³-hybridized carbons (Fsp3) is 0.923. The van der Waals surface area contributed by atoms with E-state index in [0.717, 1.165) is 0 Å². The van der Waals surface area contributed by atoms with Crippen LogP contribution in [0.25, 0.3) is 0 Å². The summed E-state index contributed by atoms with van der Waals surface area (Å²) in [6, 6.07) is 0.485. The fourth-order valence-corrected chi connectivity index (χ4v) is 2.34. The Kier molecular flexibility index (Phi) is 4.18. The van der Waals surface area contributed by atoms with Crippen molar-refractivity contribution in [2.75, 3.05) is 7.05 Å². The van der Waals surface area contributed by atoms with Crippen LogP contribution in [0.2, 0.25) is 0 Å². The average molecular weight is 211 g/mol. The predicted octanol–water partition coefficient (Wildman–Crippen LogP) is 3.21. The van der Waals surface area contributed by atoms with Crippen LogP contribution in [0.15, 0.2) is 0 Å². The van der Waals surface area contributed by atoms with E-state index in [4.69, 9.17) is 0 Å². The molecule has 0 bridgehead atoms. The van der Waals surface area contributed by atoms with Crippen molar-refractivity contribution in [3.63, 3.8) is 0 Å². The number of hydrogen-bond acceptors (Lipinski definition) is 1. The van der Waals surface area contributed by atoms with Crippen LogP contribution < -0.4 is 0 Å². The summed E-state index contributed by atoms with van der Waals surface area (Å²) in [5.74, 6) is 0.286. The molecule has 1 fully saturated rings. The topological polar surface area (TPSA) is 20.3 Å². The first-order chi connectivity index (χ1) is 6.93. The molecule has 0 saturated heterocycles. The van der Waals surface area contributed by atoms with Crippen molar-refractivity contribution >= 4 is 5.91 Å². The van der Waals surface area contributed by atoms with E-state index in [0.29, 0.717) is 6.04 Å². The van der Waals surface area contributed by atoms with Gasteiger partial charge in [0, 0.05) is 18.5 Å². The standard InChI is InChI=1S/C13H25NO/c1-13(2,3)12(15)14(4)11-9-7-5-6-8-10-11/h11H,5-10H2,1-4H3. The molecule has 1 aliphatic carbocycles. The Balaban J connectivity index is 2.58. The zero-order chi connectivity index (χ0) is 11.5. The lowest BCUT2D eigenvalue weighted by Gasteiger charge is -2.32. The van der Waals surface area contributed by atoms with Crippen molar-refractivity contribution in [1.29, 1.82) is 0 Å². The Labute approximate surface area is 94.0 Å². The van der Waals surface area contributed by atoms with Gasteiger partial charge in [-0.1, -0.05) is 46.5 Å². The highest BCUT2D eigenvalue weighted by Crippen LogP contribution is 2.25. The second kappa shape index (κ2) is 5.00. The maximum atomic E-state index is 12.1. The highest BCUT2D eigenvalue weighted by Gasteiger charge is 2.29. The van der Waals surface area contributed by atoms with Gasteiger partial charge in [-0.05, 0) is 12.8 Å². The van der Waals surface area contributed by atoms with Crippen molar-refractivity contribution in [2.45, 2.75) is 65.3 Å². The van der Waals surface area contributed by atoms with Crippen LogP contribution in [0.3, 0.4) is 0 Å². The number of amides is 1. The van der Waals surface area contributed by atoms with Gasteiger partial charge in [0.05, 0.1) is 0 Å². The molecule has 2 nitrogen and oxygen atoms in total. The van der Waals surface area contributed by atoms with Crippen molar-refractivity contribution in [3.05, 3.63) is 0 Å². The molecule has 0 aromatic rings. The van der Waals surface area contributed by atoms with Crippen molar-refractivity contribution in [1.82, 2.24) is 4.90 Å². The molecule has 0 aromatic carbocycles. The molecule has 88 valence electrons. The van der Waals surface area contributed by atoms with E-state index in [1.54, 1.807) is 0 Å². The van der Waals surface area contributed by atoms with Gasteiger partial charge < -0.3 is 4.90 Å². The summed E-state index contributed by atoms with van der Waals surface area (Å²) in [4.78, 5) is 14.1. The van der Waals surface area contributed by atoms with Gasteiger partial charge in [0.1, 0.15) is 0 Å². The third-order valence-electron chi connectivity index (χ3n) is 3.33. The smallest absolute Gasteiger partial charge is 0.227 e. The first-order valence-corrected chi connectivity index (χ1v) is 6.20. The number of rotatable bonds is 1. The predicted molar refractivity (Wildman–Crippen MR) is 63.7 cm³/mol. The molecule has 0 unspecified atom stereocenters. The molecule has 15 heavy (non-hydrogen) atoms. The molecule has 0 aromatic heterocycles. The van der Waals surface area contributed by atoms with Crippen LogP contribution in [-0.4, -0.2) is 23.9 Å². The molecular weight excluding hydrogens is 186 g/mol. The maximum Gasteiger partial charge on any atom is 0.227 e. The SMILES string of the molecule is CN(C(=O)C(C)(C)C)C1CCCCCC1. The molecule has 0 radical (unpaired) electrons. The zero-order valence-electron chi connectivity index (χ0n) is 10.7. The van der Waals surface area contributed by atoms with E-state index < -0.39 is 0 Å². The van der Waals surface area contributed by atoms with E-state index in [-0.39, 0.29) is 11.3 Å². The third kappa shape index (κ3) is 3.51. The van der Waals surface area contributed by atoms with E-state index >= 15 is 0 Å². The Hall–Kier alpha value is -0.530. The van der Waals surface area contributed by atoms with E-state index in [2.05, 4.69) is 0 Å². The lowest BCUT2D eigenvalue weighted by Crippen LogP contribution is -2.43. The average Bonchev–Trinajstić information content (AvgIpc) is 2.42. The lowest BCUT2D eigenvalue weighted by atomic mass is 9.93. The number of carbonyl (C=O) groups excluding carboxylic acids is 1. The normalized spacial score (nSPS) is 19.7. The molecule has 0 atom stereocenters. The highest BCUT2D eigenvalue weighted by molar-refractivity contribution is 5.81. The molecule has 0 spiro atoms. The Morgan fingerprint density at radius 1 is 1.07 bits per heavy atom. The maximum absolute atomic E-state index is 12.1. The van der Waals surface area contributed by atoms with Crippen molar-refractivity contribution in [2.24, 2.45) is 5.41 Å². The zero-order valence-corrected chi connectivity index (χ0v) is 10.7. The minimum absolute atomic E-state index is 0.235. The van der Waals surface area contributed by atoms with E-state index in [9.17, 15) is 4.79 Å². The molecule has 1 rings (SSSR count). The van der Waals surface area contributed by atoms with Gasteiger partial charge in [-0.3, -0.25) is 4.79 Å². The van der Waals surface area contributed by atoms with Crippen molar-refractivity contribution in [3.8, 4) is 0 Å². The van der Waals surface area contributed by atoms with Crippen LogP contribution in [0.4, 0.5) is 0 Å². The molecule has 2 heteroatoms. The van der Waals surface area contributed by atoms with Gasteiger partial charge >= 0.3 is 0 Å². The quantitative estimate of drug-likeness (QED) is 0.610. The number of hydrogen-bond donors (Lipinski definition) is 0. The van der Waals surface area contributed by atoms with E-state index in [1.807, 2.05) is 32.7 Å². The largest absolute Gasteiger partial charge is 0.342 e. The summed E-state index contributed by atoms with van der Waals surface area (Å²) < 4.78 is 0. The summed E-state index contributed by atoms with van der Waals surface area (Å²) >= 11 is 0. The minimum atomic E-state index is -0.235. The lowest BCUT2D eigenvalue weighted by molar-refractivity contribution is -0.140. The van der Waals surface area contributed by atoms with Crippen LogP contribution in [-0.2, 0) is 4.79 Å².